The lowest BCUT2D eigenvalue weighted by molar-refractivity contribution is -0.122. The van der Waals surface area contributed by atoms with E-state index in [2.05, 4.69) is 20.9 Å². The Hall–Kier alpha value is -3.86. The van der Waals surface area contributed by atoms with Gasteiger partial charge < -0.3 is 29.4 Å². The van der Waals surface area contributed by atoms with Crippen molar-refractivity contribution in [2.45, 2.75) is 33.4 Å². The maximum Gasteiger partial charge on any atom is 0.294 e. The number of methoxy groups -OCH3 is 3. The molecule has 1 aromatic carbocycles. The highest BCUT2D eigenvalue weighted by Crippen LogP contribution is 2.32. The molecule has 0 saturated carbocycles. The summed E-state index contributed by atoms with van der Waals surface area (Å²) in [5.74, 6) is 0.458. The minimum Gasteiger partial charge on any atom is -0.493 e. The molecule has 0 spiro atoms. The lowest BCUT2D eigenvalue weighted by Crippen LogP contribution is -2.38. The predicted molar refractivity (Wildman–Crippen MR) is 124 cm³/mol. The number of carbonyl (C=O) groups excluding carboxylic acids is 2. The number of aromatic nitrogens is 3. The van der Waals surface area contributed by atoms with Crippen LogP contribution in [0.15, 0.2) is 28.8 Å². The van der Waals surface area contributed by atoms with E-state index in [1.165, 1.54) is 17.9 Å². The largest absolute Gasteiger partial charge is 0.493 e. The number of nitrogens with one attached hydrogen (secondary N) is 2. The summed E-state index contributed by atoms with van der Waals surface area (Å²) in [6.07, 6.45) is 0. The molecule has 2 N–H and O–H groups in total. The molecule has 11 heteroatoms. The zero-order valence-electron chi connectivity index (χ0n) is 20.1. The second kappa shape index (κ2) is 10.8. The van der Waals surface area contributed by atoms with Crippen molar-refractivity contribution in [2.75, 3.05) is 33.3 Å². The Morgan fingerprint density at radius 3 is 2.53 bits per heavy atom. The number of anilines is 1. The highest BCUT2D eigenvalue weighted by atomic mass is 16.5. The van der Waals surface area contributed by atoms with Crippen LogP contribution in [-0.2, 0) is 16.1 Å². The summed E-state index contributed by atoms with van der Waals surface area (Å²) in [7, 11) is 4.67. The van der Waals surface area contributed by atoms with Crippen molar-refractivity contribution in [3.63, 3.8) is 0 Å². The molecular formula is C23H29N5O6. The summed E-state index contributed by atoms with van der Waals surface area (Å²) in [6, 6.07) is 6.69. The summed E-state index contributed by atoms with van der Waals surface area (Å²) in [5.41, 5.74) is 2.89. The minimum absolute atomic E-state index is 0.0162. The van der Waals surface area contributed by atoms with Gasteiger partial charge in [-0.2, -0.15) is 5.10 Å². The average molecular weight is 472 g/mol. The van der Waals surface area contributed by atoms with Crippen LogP contribution in [0.3, 0.4) is 0 Å². The molecule has 11 nitrogen and oxygen atoms in total. The molecule has 3 aromatic rings. The van der Waals surface area contributed by atoms with Gasteiger partial charge in [-0.15, -0.1) is 0 Å². The van der Waals surface area contributed by atoms with E-state index in [-0.39, 0.29) is 24.3 Å². The van der Waals surface area contributed by atoms with E-state index in [1.54, 1.807) is 46.3 Å². The van der Waals surface area contributed by atoms with Gasteiger partial charge in [-0.1, -0.05) is 5.16 Å². The van der Waals surface area contributed by atoms with Crippen LogP contribution in [0.5, 0.6) is 11.5 Å². The quantitative estimate of drug-likeness (QED) is 0.462. The fourth-order valence-electron chi connectivity index (χ4n) is 3.47. The third-order valence-corrected chi connectivity index (χ3v) is 5.15. The molecule has 0 radical (unpaired) electrons. The number of ether oxygens (including phenoxy) is 3. The van der Waals surface area contributed by atoms with Crippen molar-refractivity contribution in [1.82, 2.24) is 20.3 Å². The number of benzene rings is 1. The maximum atomic E-state index is 12.8. The lowest BCUT2D eigenvalue weighted by atomic mass is 10.1. The summed E-state index contributed by atoms with van der Waals surface area (Å²) in [4.78, 5) is 25.1. The van der Waals surface area contributed by atoms with E-state index < -0.39 is 5.91 Å². The van der Waals surface area contributed by atoms with Gasteiger partial charge in [0.05, 0.1) is 37.9 Å². The third-order valence-electron chi connectivity index (χ3n) is 5.15. The molecule has 2 aromatic heterocycles. The van der Waals surface area contributed by atoms with Crippen LogP contribution in [0.1, 0.15) is 28.9 Å². The van der Waals surface area contributed by atoms with Crippen LogP contribution < -0.4 is 20.1 Å². The zero-order chi connectivity index (χ0) is 24.8. The monoisotopic (exact) mass is 471 g/mol. The number of rotatable bonds is 10. The molecule has 182 valence electrons. The Balaban J connectivity index is 1.72. The second-order valence-corrected chi connectivity index (χ2v) is 7.73. The number of nitrogens with zero attached hydrogens (tertiary/aromatic N) is 3. The Morgan fingerprint density at radius 2 is 1.85 bits per heavy atom. The molecule has 0 aliphatic heterocycles. The Bertz CT molecular complexity index is 1170. The topological polar surface area (TPSA) is 130 Å². The molecule has 0 bridgehead atoms. The number of carbonyl (C=O) groups is 2. The van der Waals surface area contributed by atoms with Gasteiger partial charge in [0.15, 0.2) is 11.5 Å². The SMILES string of the molecule is COCC(C)NC(=O)Cn1nc(C)c(NC(=O)c2cc(-c3ccc(OC)c(OC)c3)no2)c1C. The Labute approximate surface area is 197 Å². The fraction of sp³-hybridized carbons (Fsp3) is 0.391. The molecule has 3 rings (SSSR count). The average Bonchev–Trinajstić information content (AvgIpc) is 3.40. The summed E-state index contributed by atoms with van der Waals surface area (Å²) < 4.78 is 22.4. The van der Waals surface area contributed by atoms with Crippen LogP contribution >= 0.6 is 0 Å². The lowest BCUT2D eigenvalue weighted by Gasteiger charge is -2.13. The fourth-order valence-corrected chi connectivity index (χ4v) is 3.47. The van der Waals surface area contributed by atoms with Crippen LogP contribution in [-0.4, -0.2) is 60.7 Å². The smallest absolute Gasteiger partial charge is 0.294 e. The van der Waals surface area contributed by atoms with Gasteiger partial charge in [0.1, 0.15) is 12.2 Å². The van der Waals surface area contributed by atoms with E-state index in [1.807, 2.05) is 6.92 Å². The number of aryl methyl sites for hydroxylation is 1. The van der Waals surface area contributed by atoms with Gasteiger partial charge in [0, 0.05) is 24.8 Å². The summed E-state index contributed by atoms with van der Waals surface area (Å²) in [6.45, 7) is 5.80. The summed E-state index contributed by atoms with van der Waals surface area (Å²) >= 11 is 0. The van der Waals surface area contributed by atoms with Gasteiger partial charge in [-0.25, -0.2) is 0 Å². The molecular weight excluding hydrogens is 442 g/mol. The zero-order valence-corrected chi connectivity index (χ0v) is 20.1. The Kier molecular flexibility index (Phi) is 7.90. The van der Waals surface area contributed by atoms with Gasteiger partial charge in [-0.05, 0) is 39.0 Å². The number of hydrogen-bond donors (Lipinski definition) is 2. The number of amides is 2. The van der Waals surface area contributed by atoms with E-state index in [9.17, 15) is 9.59 Å². The molecule has 34 heavy (non-hydrogen) atoms. The molecule has 2 amide bonds. The van der Waals surface area contributed by atoms with E-state index in [4.69, 9.17) is 18.7 Å². The van der Waals surface area contributed by atoms with Crippen molar-refractivity contribution in [3.05, 3.63) is 41.4 Å². The third kappa shape index (κ3) is 5.54. The molecule has 0 fully saturated rings. The van der Waals surface area contributed by atoms with Gasteiger partial charge >= 0.3 is 0 Å². The van der Waals surface area contributed by atoms with Crippen molar-refractivity contribution < 1.29 is 28.3 Å². The van der Waals surface area contributed by atoms with E-state index in [0.717, 1.165) is 0 Å². The normalized spacial score (nSPS) is 11.7. The highest BCUT2D eigenvalue weighted by molar-refractivity contribution is 6.03. The summed E-state index contributed by atoms with van der Waals surface area (Å²) in [5, 5.41) is 14.0. The Morgan fingerprint density at radius 1 is 1.12 bits per heavy atom. The van der Waals surface area contributed by atoms with Crippen LogP contribution in [0, 0.1) is 13.8 Å². The van der Waals surface area contributed by atoms with Crippen molar-refractivity contribution in [1.29, 1.82) is 0 Å². The van der Waals surface area contributed by atoms with Crippen molar-refractivity contribution >= 4 is 17.5 Å². The second-order valence-electron chi connectivity index (χ2n) is 7.73. The van der Waals surface area contributed by atoms with E-state index >= 15 is 0 Å². The molecule has 1 unspecified atom stereocenters. The first kappa shape index (κ1) is 24.8. The molecule has 2 heterocycles. The van der Waals surface area contributed by atoms with Gasteiger partial charge in [0.2, 0.25) is 11.7 Å². The first-order chi connectivity index (χ1) is 16.3. The molecule has 0 saturated heterocycles. The van der Waals surface area contributed by atoms with Crippen molar-refractivity contribution in [3.8, 4) is 22.8 Å². The molecule has 1 atom stereocenters. The first-order valence-corrected chi connectivity index (χ1v) is 10.6. The number of hydrogen-bond acceptors (Lipinski definition) is 8. The van der Waals surface area contributed by atoms with Crippen LogP contribution in [0.2, 0.25) is 0 Å². The predicted octanol–water partition coefficient (Wildman–Crippen LogP) is 2.58. The van der Waals surface area contributed by atoms with Crippen LogP contribution in [0.25, 0.3) is 11.3 Å². The molecule has 0 aliphatic carbocycles. The van der Waals surface area contributed by atoms with Gasteiger partial charge in [0.25, 0.3) is 5.91 Å². The standard InChI is InChI=1S/C23H29N5O6/c1-13(12-31-4)24-21(29)11-28-15(3)22(14(2)26-28)25-23(30)20-10-17(27-34-20)16-7-8-18(32-5)19(9-16)33-6/h7-10,13H,11-12H2,1-6H3,(H,24,29)(H,25,30). The minimum atomic E-state index is -0.483. The first-order valence-electron chi connectivity index (χ1n) is 10.6. The van der Waals surface area contributed by atoms with Crippen LogP contribution in [0.4, 0.5) is 5.69 Å². The molecule has 0 aliphatic rings. The maximum absolute atomic E-state index is 12.8. The van der Waals surface area contributed by atoms with E-state index in [0.29, 0.717) is 46.4 Å². The highest BCUT2D eigenvalue weighted by Gasteiger charge is 2.20. The van der Waals surface area contributed by atoms with Gasteiger partial charge in [-0.3, -0.25) is 14.3 Å². The van der Waals surface area contributed by atoms with Crippen molar-refractivity contribution in [2.24, 2.45) is 0 Å².